The van der Waals surface area contributed by atoms with Gasteiger partial charge < -0.3 is 14.2 Å². The zero-order valence-electron chi connectivity index (χ0n) is 15.9. The molecule has 1 heterocycles. The first kappa shape index (κ1) is 20.7. The number of hydrogen-bond donors (Lipinski definition) is 1. The quantitative estimate of drug-likeness (QED) is 0.573. The van der Waals surface area contributed by atoms with Crippen molar-refractivity contribution in [1.29, 1.82) is 0 Å². The van der Waals surface area contributed by atoms with Gasteiger partial charge in [0.15, 0.2) is 6.29 Å². The Labute approximate surface area is 180 Å². The van der Waals surface area contributed by atoms with Gasteiger partial charge in [0.2, 0.25) is 0 Å². The Morgan fingerprint density at radius 1 is 1.00 bits per heavy atom. The smallest absolute Gasteiger partial charge is 0.261 e. The number of hydrogen-bond acceptors (Lipinski definition) is 5. The van der Waals surface area contributed by atoms with E-state index in [1.165, 1.54) is 0 Å². The summed E-state index contributed by atoms with van der Waals surface area (Å²) in [5, 5.41) is 0.644. The summed E-state index contributed by atoms with van der Waals surface area (Å²) in [7, 11) is -3.67. The number of ether oxygens (including phenoxy) is 3. The minimum absolute atomic E-state index is 0.197. The molecule has 1 N–H and O–H groups in total. The highest BCUT2D eigenvalue weighted by atomic mass is 35.5. The summed E-state index contributed by atoms with van der Waals surface area (Å²) in [6.45, 7) is 0.705. The van der Waals surface area contributed by atoms with E-state index in [0.717, 1.165) is 5.56 Å². The molecular weight excluding hydrogens is 426 g/mol. The molecule has 1 fully saturated rings. The molecule has 156 valence electrons. The van der Waals surface area contributed by atoms with Crippen molar-refractivity contribution in [3.8, 4) is 5.75 Å². The van der Waals surface area contributed by atoms with Crippen LogP contribution in [0.4, 0.5) is 5.69 Å². The first-order chi connectivity index (χ1) is 14.5. The van der Waals surface area contributed by atoms with Crippen LogP contribution < -0.4 is 9.46 Å². The van der Waals surface area contributed by atoms with E-state index in [0.29, 0.717) is 29.7 Å². The average Bonchev–Trinajstić information content (AvgIpc) is 3.23. The topological polar surface area (TPSA) is 73.9 Å². The summed E-state index contributed by atoms with van der Waals surface area (Å²) in [6, 6.07) is 22.3. The Morgan fingerprint density at radius 2 is 1.77 bits per heavy atom. The van der Waals surface area contributed by atoms with Gasteiger partial charge in [-0.05, 0) is 48.5 Å². The van der Waals surface area contributed by atoms with Crippen LogP contribution in [0, 0.1) is 0 Å². The van der Waals surface area contributed by atoms with Gasteiger partial charge in [0, 0.05) is 16.3 Å². The zero-order chi connectivity index (χ0) is 21.0. The van der Waals surface area contributed by atoms with Gasteiger partial charge in [0.25, 0.3) is 10.0 Å². The summed E-state index contributed by atoms with van der Waals surface area (Å²) in [5.41, 5.74) is 1.15. The SMILES string of the molecule is O=S(=O)(Nc1cccc([C@@H]2OC[C@H](COc3ccc(Cl)cc3)O2)c1)c1ccccc1. The van der Waals surface area contributed by atoms with Crippen LogP contribution in [-0.4, -0.2) is 27.7 Å². The number of rotatable bonds is 7. The zero-order valence-corrected chi connectivity index (χ0v) is 17.5. The van der Waals surface area contributed by atoms with E-state index in [4.69, 9.17) is 25.8 Å². The predicted octanol–water partition coefficient (Wildman–Crippen LogP) is 4.63. The van der Waals surface area contributed by atoms with E-state index < -0.39 is 16.3 Å². The highest BCUT2D eigenvalue weighted by Crippen LogP contribution is 2.29. The van der Waals surface area contributed by atoms with Crippen molar-refractivity contribution in [2.45, 2.75) is 17.3 Å². The molecule has 1 saturated heterocycles. The van der Waals surface area contributed by atoms with E-state index in [1.807, 2.05) is 6.07 Å². The highest BCUT2D eigenvalue weighted by molar-refractivity contribution is 7.92. The van der Waals surface area contributed by atoms with Gasteiger partial charge in [-0.2, -0.15) is 0 Å². The van der Waals surface area contributed by atoms with Gasteiger partial charge in [0.05, 0.1) is 11.5 Å². The molecule has 30 heavy (non-hydrogen) atoms. The second kappa shape index (κ2) is 9.06. The third-order valence-corrected chi connectivity index (χ3v) is 6.11. The maximum absolute atomic E-state index is 12.5. The molecule has 0 unspecified atom stereocenters. The Morgan fingerprint density at radius 3 is 2.53 bits per heavy atom. The lowest BCUT2D eigenvalue weighted by Crippen LogP contribution is -2.20. The van der Waals surface area contributed by atoms with E-state index in [9.17, 15) is 8.42 Å². The van der Waals surface area contributed by atoms with Crippen molar-refractivity contribution < 1.29 is 22.6 Å². The van der Waals surface area contributed by atoms with Crippen LogP contribution in [0.3, 0.4) is 0 Å². The maximum atomic E-state index is 12.5. The van der Waals surface area contributed by atoms with Crippen molar-refractivity contribution in [3.63, 3.8) is 0 Å². The molecule has 3 aromatic rings. The Kier molecular flexibility index (Phi) is 6.24. The van der Waals surface area contributed by atoms with Gasteiger partial charge >= 0.3 is 0 Å². The summed E-state index contributed by atoms with van der Waals surface area (Å²) in [6.07, 6.45) is -0.833. The highest BCUT2D eigenvalue weighted by Gasteiger charge is 2.28. The summed E-state index contributed by atoms with van der Waals surface area (Å²) < 4.78 is 45.0. The van der Waals surface area contributed by atoms with E-state index in [-0.39, 0.29) is 11.0 Å². The lowest BCUT2D eigenvalue weighted by Gasteiger charge is -2.14. The number of anilines is 1. The van der Waals surface area contributed by atoms with Crippen LogP contribution >= 0.6 is 11.6 Å². The molecule has 0 aliphatic carbocycles. The van der Waals surface area contributed by atoms with Crippen molar-refractivity contribution in [2.24, 2.45) is 0 Å². The monoisotopic (exact) mass is 445 g/mol. The molecule has 0 amide bonds. The van der Waals surface area contributed by atoms with Crippen LogP contribution in [-0.2, 0) is 19.5 Å². The fourth-order valence-corrected chi connectivity index (χ4v) is 4.19. The van der Waals surface area contributed by atoms with Crippen molar-refractivity contribution in [3.05, 3.63) is 89.4 Å². The second-order valence-corrected chi connectivity index (χ2v) is 8.85. The second-order valence-electron chi connectivity index (χ2n) is 6.73. The molecule has 8 heteroatoms. The molecule has 4 rings (SSSR count). The van der Waals surface area contributed by atoms with E-state index >= 15 is 0 Å². The van der Waals surface area contributed by atoms with Gasteiger partial charge in [0.1, 0.15) is 18.5 Å². The summed E-state index contributed by atoms with van der Waals surface area (Å²) in [4.78, 5) is 0.197. The van der Waals surface area contributed by atoms with Crippen molar-refractivity contribution in [1.82, 2.24) is 0 Å². The molecule has 0 saturated carbocycles. The Balaban J connectivity index is 1.37. The minimum Gasteiger partial charge on any atom is -0.491 e. The van der Waals surface area contributed by atoms with Crippen LogP contribution in [0.5, 0.6) is 5.75 Å². The molecule has 6 nitrogen and oxygen atoms in total. The van der Waals surface area contributed by atoms with Crippen LogP contribution in [0.1, 0.15) is 11.9 Å². The standard InChI is InChI=1S/C22H20ClNO5S/c23-17-9-11-19(12-10-17)27-14-20-15-28-22(29-20)16-5-4-6-18(13-16)24-30(25,26)21-7-2-1-3-8-21/h1-13,20,22,24H,14-15H2/t20-,22+/m0/s1. The third-order valence-electron chi connectivity index (χ3n) is 4.46. The molecule has 3 aromatic carbocycles. The van der Waals surface area contributed by atoms with Crippen LogP contribution in [0.15, 0.2) is 83.8 Å². The molecule has 0 bridgehead atoms. The summed E-state index contributed by atoms with van der Waals surface area (Å²) >= 11 is 5.87. The summed E-state index contributed by atoms with van der Waals surface area (Å²) in [5.74, 6) is 0.698. The first-order valence-electron chi connectivity index (χ1n) is 9.33. The lowest BCUT2D eigenvalue weighted by molar-refractivity contribution is -0.0658. The Bertz CT molecular complexity index is 1090. The van der Waals surface area contributed by atoms with Crippen LogP contribution in [0.2, 0.25) is 5.02 Å². The average molecular weight is 446 g/mol. The van der Waals surface area contributed by atoms with E-state index in [2.05, 4.69) is 4.72 Å². The van der Waals surface area contributed by atoms with Crippen molar-refractivity contribution in [2.75, 3.05) is 17.9 Å². The molecule has 1 aliphatic rings. The molecule has 1 aliphatic heterocycles. The maximum Gasteiger partial charge on any atom is 0.261 e. The third kappa shape index (κ3) is 5.12. The molecule has 0 spiro atoms. The fourth-order valence-electron chi connectivity index (χ4n) is 2.99. The number of benzene rings is 3. The lowest BCUT2D eigenvalue weighted by atomic mass is 10.2. The molecular formula is C22H20ClNO5S. The minimum atomic E-state index is -3.67. The van der Waals surface area contributed by atoms with Crippen molar-refractivity contribution >= 4 is 27.3 Å². The fraction of sp³-hybridized carbons (Fsp3) is 0.182. The number of nitrogens with one attached hydrogen (secondary N) is 1. The Hall–Kier alpha value is -2.58. The normalized spacial score (nSPS) is 18.8. The van der Waals surface area contributed by atoms with Gasteiger partial charge in [-0.25, -0.2) is 8.42 Å². The van der Waals surface area contributed by atoms with Gasteiger partial charge in [-0.15, -0.1) is 0 Å². The number of sulfonamides is 1. The van der Waals surface area contributed by atoms with Gasteiger partial charge in [-0.3, -0.25) is 4.72 Å². The molecule has 0 aromatic heterocycles. The first-order valence-corrected chi connectivity index (χ1v) is 11.2. The predicted molar refractivity (Wildman–Crippen MR) is 114 cm³/mol. The van der Waals surface area contributed by atoms with Crippen LogP contribution in [0.25, 0.3) is 0 Å². The molecule has 0 radical (unpaired) electrons. The van der Waals surface area contributed by atoms with E-state index in [1.54, 1.807) is 72.8 Å². The molecule has 2 atom stereocenters. The largest absolute Gasteiger partial charge is 0.491 e. The number of halogens is 1. The van der Waals surface area contributed by atoms with Gasteiger partial charge in [-0.1, -0.05) is 41.9 Å².